The molecule has 0 saturated heterocycles. The highest BCUT2D eigenvalue weighted by atomic mass is 35.5. The van der Waals surface area contributed by atoms with Crippen LogP contribution in [-0.2, 0) is 0 Å². The Morgan fingerprint density at radius 2 is 2.17 bits per heavy atom. The lowest BCUT2D eigenvalue weighted by Gasteiger charge is -1.78. The zero-order valence-electron chi connectivity index (χ0n) is 4.53. The van der Waals surface area contributed by atoms with E-state index in [1.165, 1.54) is 34.4 Å². The van der Waals surface area contributed by atoms with E-state index in [0.717, 1.165) is 0 Å². The zero-order valence-corrected chi connectivity index (χ0v) is 7.35. The minimum atomic E-state index is 0. The molecule has 0 spiro atoms. The Bertz CT molecular complexity index is 19.2. The van der Waals surface area contributed by atoms with Crippen LogP contribution < -0.4 is 0 Å². The molecule has 0 rings (SSSR count). The Morgan fingerprint density at radius 1 is 1.67 bits per heavy atom. The highest BCUT2D eigenvalue weighted by Crippen LogP contribution is 1.86. The standard InChI is InChI=1S/C4H9.Al.ClH.H2.2H/c1-3-4-2;;;;;/h1,3-4H2,2H3;;2*1H;;. The van der Waals surface area contributed by atoms with Crippen molar-refractivity contribution in [3.63, 3.8) is 0 Å². The molecule has 0 nitrogen and oxygen atoms in total. The predicted molar refractivity (Wildman–Crippen MR) is 37.6 cm³/mol. The van der Waals surface area contributed by atoms with Crippen LogP contribution >= 0.6 is 12.4 Å². The van der Waals surface area contributed by atoms with E-state index in [1.807, 2.05) is 0 Å². The summed E-state index contributed by atoms with van der Waals surface area (Å²) in [5, 5.41) is 1.48. The number of hydrogen-bond acceptors (Lipinski definition) is 0. The summed E-state index contributed by atoms with van der Waals surface area (Å²) in [6, 6.07) is 0. The second kappa shape index (κ2) is 9.27. The third-order valence-electron chi connectivity index (χ3n) is 0.707. The average Bonchev–Trinajstić information content (AvgIpc) is 1.41. The minimum Gasteiger partial charge on any atom is -0.147 e. The molecule has 0 aliphatic carbocycles. The van der Waals surface area contributed by atoms with Crippen molar-refractivity contribution in [2.24, 2.45) is 0 Å². The van der Waals surface area contributed by atoms with Gasteiger partial charge in [0.25, 0.3) is 0 Å². The van der Waals surface area contributed by atoms with Gasteiger partial charge < -0.3 is 0 Å². The quantitative estimate of drug-likeness (QED) is 0.490. The second-order valence-corrected chi connectivity index (χ2v) is 2.35. The zero-order chi connectivity index (χ0) is 4.12. The topological polar surface area (TPSA) is 0 Å². The van der Waals surface area contributed by atoms with Gasteiger partial charge in [-0.2, -0.15) is 0 Å². The van der Waals surface area contributed by atoms with Crippen molar-refractivity contribution in [3.8, 4) is 0 Å². The van der Waals surface area contributed by atoms with Crippen LogP contribution in [0, 0.1) is 0 Å². The molecule has 0 fully saturated rings. The summed E-state index contributed by atoms with van der Waals surface area (Å²) in [6.07, 6.45) is 2.83. The Balaban J connectivity index is -0.0000000800. The lowest BCUT2D eigenvalue weighted by molar-refractivity contribution is 0.884. The summed E-state index contributed by atoms with van der Waals surface area (Å²) in [6.45, 7) is 2.23. The Hall–Kier alpha value is 0.822. The third kappa shape index (κ3) is 8.85. The van der Waals surface area contributed by atoms with E-state index in [4.69, 9.17) is 0 Å². The SMILES string of the molecule is CCC[CH2][AlH2].Cl.[HH]. The molecule has 0 aliphatic rings. The number of rotatable bonds is 2. The highest BCUT2D eigenvalue weighted by molar-refractivity contribution is 6.08. The first-order valence-electron chi connectivity index (χ1n) is 2.41. The number of unbranched alkanes of at least 4 members (excludes halogenated alkanes) is 1. The summed E-state index contributed by atoms with van der Waals surface area (Å²) in [5.74, 6) is 0. The molecular formula is C4H14AlCl. The monoisotopic (exact) mass is 124 g/mol. The smallest absolute Gasteiger partial charge is 0.147 e. The van der Waals surface area contributed by atoms with Gasteiger partial charge in [-0.05, 0) is 0 Å². The van der Waals surface area contributed by atoms with Gasteiger partial charge in [-0.15, -0.1) is 17.7 Å². The molecule has 40 valence electrons. The van der Waals surface area contributed by atoms with Gasteiger partial charge >= 0.3 is 0 Å². The van der Waals surface area contributed by atoms with Gasteiger partial charge in [-0.3, -0.25) is 0 Å². The fourth-order valence-corrected chi connectivity index (χ4v) is 1.06. The van der Waals surface area contributed by atoms with Crippen molar-refractivity contribution < 1.29 is 1.43 Å². The summed E-state index contributed by atoms with van der Waals surface area (Å²) < 4.78 is 0. The fourth-order valence-electron chi connectivity index (χ4n) is 0.354. The van der Waals surface area contributed by atoms with Crippen molar-refractivity contribution in [2.45, 2.75) is 25.0 Å². The maximum Gasteiger partial charge on any atom is 0.211 e. The van der Waals surface area contributed by atoms with Crippen LogP contribution in [0.1, 0.15) is 21.2 Å². The molecule has 0 amide bonds. The van der Waals surface area contributed by atoms with Crippen LogP contribution in [0.4, 0.5) is 0 Å². The molecule has 0 bridgehead atoms. The third-order valence-corrected chi connectivity index (χ3v) is 1.41. The molecule has 0 unspecified atom stereocenters. The Morgan fingerprint density at radius 3 is 2.17 bits per heavy atom. The molecule has 0 radical (unpaired) electrons. The van der Waals surface area contributed by atoms with Crippen molar-refractivity contribution in [1.82, 2.24) is 0 Å². The largest absolute Gasteiger partial charge is 0.211 e. The van der Waals surface area contributed by atoms with Gasteiger partial charge in [0.1, 0.15) is 0 Å². The van der Waals surface area contributed by atoms with E-state index >= 15 is 0 Å². The first-order valence-corrected chi connectivity index (χ1v) is 3.83. The molecule has 0 aromatic carbocycles. The van der Waals surface area contributed by atoms with E-state index in [0.29, 0.717) is 0 Å². The normalized spacial score (nSPS) is 6.83. The summed E-state index contributed by atoms with van der Waals surface area (Å²) in [7, 11) is 0. The molecule has 0 N–H and O–H groups in total. The van der Waals surface area contributed by atoms with Crippen LogP contribution in [0.5, 0.6) is 0 Å². The maximum atomic E-state index is 2.23. The van der Waals surface area contributed by atoms with Gasteiger partial charge in [-0.25, -0.2) is 0 Å². The van der Waals surface area contributed by atoms with E-state index in [9.17, 15) is 0 Å². The molecular weight excluding hydrogens is 110 g/mol. The van der Waals surface area contributed by atoms with Gasteiger partial charge in [-0.1, -0.05) is 19.8 Å². The summed E-state index contributed by atoms with van der Waals surface area (Å²) >= 11 is 1.40. The predicted octanol–water partition coefficient (Wildman–Crippen LogP) is 1.51. The summed E-state index contributed by atoms with van der Waals surface area (Å²) in [4.78, 5) is 0. The van der Waals surface area contributed by atoms with Crippen LogP contribution in [0.15, 0.2) is 0 Å². The van der Waals surface area contributed by atoms with Gasteiger partial charge in [0, 0.05) is 1.43 Å². The number of hydrogen-bond donors (Lipinski definition) is 0. The highest BCUT2D eigenvalue weighted by Gasteiger charge is 1.69. The molecule has 0 atom stereocenters. The van der Waals surface area contributed by atoms with Crippen LogP contribution in [-0.4, -0.2) is 16.3 Å². The van der Waals surface area contributed by atoms with Crippen LogP contribution in [0.25, 0.3) is 0 Å². The van der Waals surface area contributed by atoms with E-state index in [2.05, 4.69) is 6.92 Å². The second-order valence-electron chi connectivity index (χ2n) is 1.35. The fraction of sp³-hybridized carbons (Fsp3) is 1.00. The van der Waals surface area contributed by atoms with E-state index < -0.39 is 0 Å². The molecule has 0 aliphatic heterocycles. The van der Waals surface area contributed by atoms with E-state index in [1.54, 1.807) is 0 Å². The maximum absolute atomic E-state index is 2.23. The van der Waals surface area contributed by atoms with Crippen molar-refractivity contribution >= 4 is 28.7 Å². The van der Waals surface area contributed by atoms with Crippen LogP contribution in [0.3, 0.4) is 0 Å². The lowest BCUT2D eigenvalue weighted by atomic mass is 10.4. The Labute approximate surface area is 55.6 Å². The van der Waals surface area contributed by atoms with E-state index in [-0.39, 0.29) is 13.8 Å². The molecule has 0 aromatic heterocycles. The molecule has 0 saturated carbocycles. The van der Waals surface area contributed by atoms with Gasteiger partial charge in [0.05, 0.1) is 0 Å². The Kier molecular flexibility index (Phi) is 15.4. The van der Waals surface area contributed by atoms with Crippen LogP contribution in [0.2, 0.25) is 5.28 Å². The van der Waals surface area contributed by atoms with Crippen molar-refractivity contribution in [3.05, 3.63) is 0 Å². The summed E-state index contributed by atoms with van der Waals surface area (Å²) in [5.41, 5.74) is 0. The van der Waals surface area contributed by atoms with Gasteiger partial charge in [0.2, 0.25) is 16.3 Å². The van der Waals surface area contributed by atoms with Crippen molar-refractivity contribution in [2.75, 3.05) is 0 Å². The minimum absolute atomic E-state index is 0. The number of halogens is 1. The molecule has 2 heteroatoms. The first-order chi connectivity index (χ1) is 2.41. The first kappa shape index (κ1) is 9.95. The van der Waals surface area contributed by atoms with Gasteiger partial charge in [0.15, 0.2) is 0 Å². The molecule has 6 heavy (non-hydrogen) atoms. The van der Waals surface area contributed by atoms with Crippen molar-refractivity contribution in [1.29, 1.82) is 0 Å². The molecule has 0 aromatic rings. The molecule has 0 heterocycles. The lowest BCUT2D eigenvalue weighted by Crippen LogP contribution is -1.63. The average molecular weight is 125 g/mol.